The van der Waals surface area contributed by atoms with Gasteiger partial charge < -0.3 is 16.2 Å². The van der Waals surface area contributed by atoms with Gasteiger partial charge in [-0.1, -0.05) is 44.2 Å². The van der Waals surface area contributed by atoms with Crippen LogP contribution in [0.25, 0.3) is 0 Å². The molecule has 1 aromatic carbocycles. The zero-order valence-corrected chi connectivity index (χ0v) is 11.9. The summed E-state index contributed by atoms with van der Waals surface area (Å²) < 4.78 is 0. The topological polar surface area (TPSA) is 92.4 Å². The number of rotatable bonds is 7. The molecule has 5 heteroatoms. The first-order chi connectivity index (χ1) is 9.40. The summed E-state index contributed by atoms with van der Waals surface area (Å²) in [6.45, 7) is 3.93. The average Bonchev–Trinajstić information content (AvgIpc) is 2.38. The molecule has 0 fully saturated rings. The van der Waals surface area contributed by atoms with E-state index in [9.17, 15) is 14.7 Å². The number of carboxylic acid groups (broad SMARTS) is 1. The molecule has 4 N–H and O–H groups in total. The summed E-state index contributed by atoms with van der Waals surface area (Å²) in [7, 11) is 0. The van der Waals surface area contributed by atoms with Crippen molar-refractivity contribution in [2.75, 3.05) is 0 Å². The quantitative estimate of drug-likeness (QED) is 0.698. The molecule has 0 spiro atoms. The highest BCUT2D eigenvalue weighted by molar-refractivity contribution is 5.86. The Morgan fingerprint density at radius 1 is 1.25 bits per heavy atom. The van der Waals surface area contributed by atoms with Crippen molar-refractivity contribution in [2.45, 2.75) is 38.8 Å². The molecule has 1 rings (SSSR count). The lowest BCUT2D eigenvalue weighted by atomic mass is 10.0. The van der Waals surface area contributed by atoms with Crippen LogP contribution in [0.5, 0.6) is 0 Å². The summed E-state index contributed by atoms with van der Waals surface area (Å²) >= 11 is 0. The number of hydrogen-bond acceptors (Lipinski definition) is 3. The van der Waals surface area contributed by atoms with E-state index in [0.29, 0.717) is 6.42 Å². The normalized spacial score (nSPS) is 13.8. The Kier molecular flexibility index (Phi) is 6.18. The largest absolute Gasteiger partial charge is 0.480 e. The van der Waals surface area contributed by atoms with E-state index in [1.165, 1.54) is 0 Å². The molecule has 0 radical (unpaired) electrons. The predicted molar refractivity (Wildman–Crippen MR) is 77.1 cm³/mol. The monoisotopic (exact) mass is 278 g/mol. The van der Waals surface area contributed by atoms with Gasteiger partial charge >= 0.3 is 5.97 Å². The van der Waals surface area contributed by atoms with Crippen molar-refractivity contribution >= 4 is 11.9 Å². The van der Waals surface area contributed by atoms with Gasteiger partial charge in [-0.15, -0.1) is 0 Å². The number of amides is 1. The molecule has 0 aliphatic rings. The number of nitrogens with one attached hydrogen (secondary N) is 1. The second-order valence-electron chi connectivity index (χ2n) is 5.33. The van der Waals surface area contributed by atoms with Crippen LogP contribution in [-0.2, 0) is 16.0 Å². The molecule has 0 aromatic heterocycles. The van der Waals surface area contributed by atoms with Gasteiger partial charge in [-0.2, -0.15) is 0 Å². The third kappa shape index (κ3) is 5.40. The molecule has 0 saturated carbocycles. The van der Waals surface area contributed by atoms with Crippen LogP contribution in [0.4, 0.5) is 0 Å². The zero-order chi connectivity index (χ0) is 15.1. The maximum Gasteiger partial charge on any atom is 0.326 e. The van der Waals surface area contributed by atoms with E-state index in [-0.39, 0.29) is 12.3 Å². The third-order valence-electron chi connectivity index (χ3n) is 2.96. The Labute approximate surface area is 119 Å². The first kappa shape index (κ1) is 16.2. The van der Waals surface area contributed by atoms with E-state index in [1.54, 1.807) is 0 Å². The van der Waals surface area contributed by atoms with Gasteiger partial charge in [-0.05, 0) is 17.9 Å². The highest BCUT2D eigenvalue weighted by atomic mass is 16.4. The lowest BCUT2D eigenvalue weighted by Crippen LogP contribution is -2.49. The highest BCUT2D eigenvalue weighted by Gasteiger charge is 2.23. The van der Waals surface area contributed by atoms with Crippen molar-refractivity contribution in [3.05, 3.63) is 35.9 Å². The Bertz CT molecular complexity index is 446. The molecule has 0 aliphatic carbocycles. The van der Waals surface area contributed by atoms with E-state index in [4.69, 9.17) is 5.73 Å². The van der Waals surface area contributed by atoms with Crippen LogP contribution in [0, 0.1) is 5.92 Å². The van der Waals surface area contributed by atoms with E-state index < -0.39 is 24.0 Å². The first-order valence-electron chi connectivity index (χ1n) is 6.72. The molecule has 1 aromatic rings. The van der Waals surface area contributed by atoms with Gasteiger partial charge in [0.25, 0.3) is 0 Å². The fourth-order valence-corrected chi connectivity index (χ4v) is 1.94. The number of nitrogens with two attached hydrogens (primary N) is 1. The summed E-state index contributed by atoms with van der Waals surface area (Å²) in [5.41, 5.74) is 6.61. The molecule has 2 atom stereocenters. The lowest BCUT2D eigenvalue weighted by molar-refractivity contribution is -0.142. The van der Waals surface area contributed by atoms with E-state index in [2.05, 4.69) is 5.32 Å². The Hall–Kier alpha value is -1.88. The van der Waals surface area contributed by atoms with Crippen molar-refractivity contribution in [3.63, 3.8) is 0 Å². The summed E-state index contributed by atoms with van der Waals surface area (Å²) in [4.78, 5) is 23.1. The summed E-state index contributed by atoms with van der Waals surface area (Å²) in [6, 6.07) is 7.56. The molecule has 1 unspecified atom stereocenters. The fraction of sp³-hybridized carbons (Fsp3) is 0.467. The van der Waals surface area contributed by atoms with E-state index in [1.807, 2.05) is 44.2 Å². The van der Waals surface area contributed by atoms with E-state index >= 15 is 0 Å². The maximum absolute atomic E-state index is 11.9. The summed E-state index contributed by atoms with van der Waals surface area (Å²) in [6.07, 6.45) is 0.778. The minimum atomic E-state index is -1.06. The highest BCUT2D eigenvalue weighted by Crippen LogP contribution is 2.06. The molecular weight excluding hydrogens is 256 g/mol. The summed E-state index contributed by atoms with van der Waals surface area (Å²) in [5.74, 6) is -1.19. The van der Waals surface area contributed by atoms with Crippen molar-refractivity contribution < 1.29 is 14.7 Å². The van der Waals surface area contributed by atoms with Crippen LogP contribution < -0.4 is 11.1 Å². The lowest BCUT2D eigenvalue weighted by Gasteiger charge is -2.19. The molecule has 20 heavy (non-hydrogen) atoms. The number of carbonyl (C=O) groups excluding carboxylic acids is 1. The number of hydrogen-bond donors (Lipinski definition) is 3. The molecule has 1 amide bonds. The van der Waals surface area contributed by atoms with Gasteiger partial charge in [-0.3, -0.25) is 4.79 Å². The number of benzene rings is 1. The minimum absolute atomic E-state index is 0.246. The van der Waals surface area contributed by atoms with Gasteiger partial charge in [0, 0.05) is 6.42 Å². The van der Waals surface area contributed by atoms with Gasteiger partial charge in [-0.25, -0.2) is 4.79 Å². The zero-order valence-electron chi connectivity index (χ0n) is 11.9. The fourth-order valence-electron chi connectivity index (χ4n) is 1.94. The molecule has 0 saturated heterocycles. The number of carbonyl (C=O) groups is 2. The average molecular weight is 278 g/mol. The standard InChI is InChI=1S/C15H22N2O3/c1-10(2)8-12(16)14(18)17-13(15(19)20)9-11-6-4-3-5-7-11/h3-7,10,12-13H,8-9,16H2,1-2H3,(H,17,18)(H,19,20)/t12?,13-/m0/s1. The smallest absolute Gasteiger partial charge is 0.326 e. The molecule has 5 nitrogen and oxygen atoms in total. The number of carboxylic acids is 1. The summed E-state index contributed by atoms with van der Waals surface area (Å²) in [5, 5.41) is 11.7. The van der Waals surface area contributed by atoms with Crippen molar-refractivity contribution in [2.24, 2.45) is 11.7 Å². The number of aliphatic carboxylic acids is 1. The Balaban J connectivity index is 2.64. The molecule has 0 aliphatic heterocycles. The molecule has 110 valence electrons. The van der Waals surface area contributed by atoms with Crippen molar-refractivity contribution in [3.8, 4) is 0 Å². The molecular formula is C15H22N2O3. The van der Waals surface area contributed by atoms with Gasteiger partial charge in [0.2, 0.25) is 5.91 Å². The van der Waals surface area contributed by atoms with Crippen LogP contribution in [0.3, 0.4) is 0 Å². The van der Waals surface area contributed by atoms with Crippen LogP contribution in [-0.4, -0.2) is 29.1 Å². The van der Waals surface area contributed by atoms with E-state index in [0.717, 1.165) is 5.56 Å². The van der Waals surface area contributed by atoms with Crippen LogP contribution in [0.2, 0.25) is 0 Å². The third-order valence-corrected chi connectivity index (χ3v) is 2.96. The van der Waals surface area contributed by atoms with Crippen molar-refractivity contribution in [1.82, 2.24) is 5.32 Å². The first-order valence-corrected chi connectivity index (χ1v) is 6.72. The second kappa shape index (κ2) is 7.65. The Morgan fingerprint density at radius 2 is 1.85 bits per heavy atom. The molecule has 0 heterocycles. The SMILES string of the molecule is CC(C)CC(N)C(=O)N[C@@H](Cc1ccccc1)C(=O)O. The van der Waals surface area contributed by atoms with Gasteiger partial charge in [0.1, 0.15) is 6.04 Å². The van der Waals surface area contributed by atoms with Crippen molar-refractivity contribution in [1.29, 1.82) is 0 Å². The predicted octanol–water partition coefficient (Wildman–Crippen LogP) is 1.17. The van der Waals surface area contributed by atoms with Gasteiger partial charge in [0.15, 0.2) is 0 Å². The Morgan fingerprint density at radius 3 is 2.35 bits per heavy atom. The maximum atomic E-state index is 11.9. The molecule has 0 bridgehead atoms. The van der Waals surface area contributed by atoms with Crippen LogP contribution in [0.1, 0.15) is 25.8 Å². The minimum Gasteiger partial charge on any atom is -0.480 e. The van der Waals surface area contributed by atoms with Gasteiger partial charge in [0.05, 0.1) is 6.04 Å². The van der Waals surface area contributed by atoms with Crippen LogP contribution in [0.15, 0.2) is 30.3 Å². The van der Waals surface area contributed by atoms with Crippen LogP contribution >= 0.6 is 0 Å². The second-order valence-corrected chi connectivity index (χ2v) is 5.33.